The average molecular weight is 190 g/mol. The van der Waals surface area contributed by atoms with Gasteiger partial charge in [-0.1, -0.05) is 11.5 Å². The van der Waals surface area contributed by atoms with Gasteiger partial charge < -0.3 is 10.1 Å². The number of nitrogens with zero attached hydrogens (tertiary/aromatic N) is 1. The van der Waals surface area contributed by atoms with Crippen molar-refractivity contribution in [2.24, 2.45) is 0 Å². The van der Waals surface area contributed by atoms with Gasteiger partial charge in [0.05, 0.1) is 0 Å². The fourth-order valence-electron chi connectivity index (χ4n) is 1.61. The minimum absolute atomic E-state index is 0.339. The van der Waals surface area contributed by atoms with Gasteiger partial charge in [-0.2, -0.15) is 0 Å². The second-order valence-electron chi connectivity index (χ2n) is 3.74. The summed E-state index contributed by atoms with van der Waals surface area (Å²) < 4.78 is 5.76. The van der Waals surface area contributed by atoms with Gasteiger partial charge in [0.2, 0.25) is 5.88 Å². The lowest BCUT2D eigenvalue weighted by Crippen LogP contribution is -2.34. The molecule has 0 bridgehead atoms. The molecule has 1 aromatic rings. The van der Waals surface area contributed by atoms with Crippen molar-refractivity contribution in [1.29, 1.82) is 0 Å². The van der Waals surface area contributed by atoms with Gasteiger partial charge in [-0.3, -0.25) is 0 Å². The normalized spacial score (nSPS) is 18.0. The van der Waals surface area contributed by atoms with Crippen LogP contribution in [0.2, 0.25) is 0 Å². The van der Waals surface area contributed by atoms with E-state index in [1.54, 1.807) is 0 Å². The van der Waals surface area contributed by atoms with Gasteiger partial charge in [0.15, 0.2) is 0 Å². The molecule has 2 rings (SSSR count). The van der Waals surface area contributed by atoms with Crippen LogP contribution >= 0.6 is 0 Å². The summed E-state index contributed by atoms with van der Waals surface area (Å²) in [6, 6.07) is 3.97. The highest BCUT2D eigenvalue weighted by Gasteiger charge is 2.14. The van der Waals surface area contributed by atoms with Crippen LogP contribution in [0.15, 0.2) is 18.3 Å². The molecule has 1 aliphatic rings. The van der Waals surface area contributed by atoms with Crippen LogP contribution in [0.3, 0.4) is 0 Å². The molecule has 0 spiro atoms. The predicted octanol–water partition coefficient (Wildman–Crippen LogP) is -0.529. The number of pyridine rings is 1. The Morgan fingerprint density at radius 3 is 2.79 bits per heavy atom. The largest absolute Gasteiger partial charge is 0.474 e. The maximum atomic E-state index is 5.76. The van der Waals surface area contributed by atoms with Crippen LogP contribution in [0, 0.1) is 0 Å². The fraction of sp³-hybridized carbons (Fsp3) is 0.500. The first-order valence-electron chi connectivity index (χ1n) is 5.14. The quantitative estimate of drug-likeness (QED) is 0.636. The highest BCUT2D eigenvalue weighted by atomic mass is 16.5. The van der Waals surface area contributed by atoms with Crippen LogP contribution in [0.5, 0.6) is 5.88 Å². The van der Waals surface area contributed by atoms with Gasteiger partial charge in [-0.15, -0.1) is 0 Å². The minimum Gasteiger partial charge on any atom is -0.474 e. The number of rotatable bonds is 2. The minimum atomic E-state index is 0.339. The van der Waals surface area contributed by atoms with Crippen molar-refractivity contribution in [3.05, 3.63) is 18.3 Å². The molecule has 1 fully saturated rings. The van der Waals surface area contributed by atoms with Crippen molar-refractivity contribution in [1.82, 2.24) is 10.3 Å². The number of aromatic nitrogens is 1. The third-order valence-corrected chi connectivity index (χ3v) is 2.46. The zero-order chi connectivity index (χ0) is 9.80. The fourth-order valence-corrected chi connectivity index (χ4v) is 1.61. The Balaban J connectivity index is 1.92. The maximum Gasteiger partial charge on any atom is 0.213 e. The molecule has 3 nitrogen and oxygen atoms in total. The van der Waals surface area contributed by atoms with Gasteiger partial charge in [0, 0.05) is 6.20 Å². The summed E-state index contributed by atoms with van der Waals surface area (Å²) in [5, 5.41) is 3.31. The lowest BCUT2D eigenvalue weighted by Gasteiger charge is -2.23. The van der Waals surface area contributed by atoms with E-state index < -0.39 is 0 Å². The van der Waals surface area contributed by atoms with Crippen LogP contribution in [0.25, 0.3) is 0 Å². The second kappa shape index (κ2) is 4.46. The molecule has 74 valence electrons. The van der Waals surface area contributed by atoms with Crippen molar-refractivity contribution in [2.75, 3.05) is 13.1 Å². The topological polar surface area (TPSA) is 34.1 Å². The lowest BCUT2D eigenvalue weighted by molar-refractivity contribution is 0.156. The number of hydrogen-bond donors (Lipinski definition) is 1. The van der Waals surface area contributed by atoms with Crippen LogP contribution in [0.4, 0.5) is 0 Å². The van der Waals surface area contributed by atoms with Crippen molar-refractivity contribution < 1.29 is 4.74 Å². The zero-order valence-corrected chi connectivity index (χ0v) is 8.49. The molecule has 0 saturated carbocycles. The van der Waals surface area contributed by atoms with Crippen molar-refractivity contribution in [3.8, 4) is 5.88 Å². The van der Waals surface area contributed by atoms with E-state index in [2.05, 4.69) is 10.3 Å². The van der Waals surface area contributed by atoms with Gasteiger partial charge in [0.25, 0.3) is 0 Å². The van der Waals surface area contributed by atoms with E-state index in [1.165, 1.54) is 5.46 Å². The third kappa shape index (κ3) is 2.48. The highest BCUT2D eigenvalue weighted by molar-refractivity contribution is 6.32. The summed E-state index contributed by atoms with van der Waals surface area (Å²) in [5.41, 5.74) is 1.17. The Labute approximate surface area is 85.3 Å². The van der Waals surface area contributed by atoms with E-state index in [1.807, 2.05) is 26.2 Å². The Kier molecular flexibility index (Phi) is 3.04. The monoisotopic (exact) mass is 190 g/mol. The molecule has 0 unspecified atom stereocenters. The molecule has 2 heterocycles. The third-order valence-electron chi connectivity index (χ3n) is 2.46. The summed E-state index contributed by atoms with van der Waals surface area (Å²) >= 11 is 0. The molecule has 4 heteroatoms. The number of hydrogen-bond acceptors (Lipinski definition) is 3. The molecule has 1 aromatic heterocycles. The van der Waals surface area contributed by atoms with E-state index >= 15 is 0 Å². The van der Waals surface area contributed by atoms with Crippen molar-refractivity contribution >= 4 is 13.3 Å². The van der Waals surface area contributed by atoms with Crippen molar-refractivity contribution in [2.45, 2.75) is 18.9 Å². The molecule has 0 radical (unpaired) electrons. The van der Waals surface area contributed by atoms with Gasteiger partial charge in [-0.25, -0.2) is 4.98 Å². The van der Waals surface area contributed by atoms with Crippen LogP contribution in [0.1, 0.15) is 12.8 Å². The van der Waals surface area contributed by atoms with E-state index in [0.29, 0.717) is 6.10 Å². The van der Waals surface area contributed by atoms with Gasteiger partial charge >= 0.3 is 0 Å². The Hall–Kier alpha value is -1.03. The van der Waals surface area contributed by atoms with E-state index in [9.17, 15) is 0 Å². The lowest BCUT2D eigenvalue weighted by atomic mass is 9.99. The first-order chi connectivity index (χ1) is 6.84. The number of ether oxygens (including phenoxy) is 1. The Morgan fingerprint density at radius 2 is 2.14 bits per heavy atom. The molecular formula is C10H15BN2O. The highest BCUT2D eigenvalue weighted by Crippen LogP contribution is 2.12. The number of nitrogens with one attached hydrogen (secondary N) is 1. The first kappa shape index (κ1) is 9.53. The Bertz CT molecular complexity index is 283. The van der Waals surface area contributed by atoms with Gasteiger partial charge in [0.1, 0.15) is 14.0 Å². The maximum absolute atomic E-state index is 5.76. The molecule has 0 aliphatic carbocycles. The zero-order valence-electron chi connectivity index (χ0n) is 8.49. The second-order valence-corrected chi connectivity index (χ2v) is 3.74. The van der Waals surface area contributed by atoms with E-state index in [4.69, 9.17) is 4.74 Å². The summed E-state index contributed by atoms with van der Waals surface area (Å²) in [7, 11) is 2.03. The summed E-state index contributed by atoms with van der Waals surface area (Å²) in [6.07, 6.45) is 4.34. The SMILES string of the molecule is Bc1ccc(OC2CCNCC2)nc1. The molecule has 14 heavy (non-hydrogen) atoms. The van der Waals surface area contributed by atoms with Crippen molar-refractivity contribution in [3.63, 3.8) is 0 Å². The standard InChI is InChI=1S/C10H15BN2O/c11-8-1-2-10(13-7-8)14-9-3-5-12-6-4-9/h1-2,7,9,12H,3-6,11H2. The molecule has 1 aliphatic heterocycles. The van der Waals surface area contributed by atoms with Gasteiger partial charge in [-0.05, 0) is 32.0 Å². The Morgan fingerprint density at radius 1 is 1.36 bits per heavy atom. The molecule has 0 amide bonds. The van der Waals surface area contributed by atoms with Crippen LogP contribution < -0.4 is 15.5 Å². The van der Waals surface area contributed by atoms with Crippen LogP contribution in [-0.2, 0) is 0 Å². The molecular weight excluding hydrogens is 175 g/mol. The molecule has 1 N–H and O–H groups in total. The molecule has 0 aromatic carbocycles. The summed E-state index contributed by atoms with van der Waals surface area (Å²) in [6.45, 7) is 2.10. The molecule has 0 atom stereocenters. The molecule has 1 saturated heterocycles. The summed E-state index contributed by atoms with van der Waals surface area (Å²) in [4.78, 5) is 4.23. The summed E-state index contributed by atoms with van der Waals surface area (Å²) in [5.74, 6) is 0.752. The smallest absolute Gasteiger partial charge is 0.213 e. The predicted molar refractivity (Wildman–Crippen MR) is 58.9 cm³/mol. The van der Waals surface area contributed by atoms with Crippen LogP contribution in [-0.4, -0.2) is 32.0 Å². The average Bonchev–Trinajstić information content (AvgIpc) is 2.23. The van der Waals surface area contributed by atoms with E-state index in [-0.39, 0.29) is 0 Å². The number of piperidine rings is 1. The first-order valence-corrected chi connectivity index (χ1v) is 5.14. The van der Waals surface area contributed by atoms with E-state index in [0.717, 1.165) is 31.8 Å².